The predicted molar refractivity (Wildman–Crippen MR) is 102 cm³/mol. The molecule has 8 heteroatoms. The molecule has 1 atom stereocenters. The number of ketones is 3. The quantitative estimate of drug-likeness (QED) is 0.509. The molecule has 1 unspecified atom stereocenters. The Morgan fingerprint density at radius 2 is 1.23 bits per heavy atom. The van der Waals surface area contributed by atoms with E-state index >= 15 is 0 Å². The molecule has 0 bridgehead atoms. The summed E-state index contributed by atoms with van der Waals surface area (Å²) < 4.78 is 0. The van der Waals surface area contributed by atoms with Crippen LogP contribution in [0.15, 0.2) is 36.4 Å². The van der Waals surface area contributed by atoms with Gasteiger partial charge in [0.15, 0.2) is 5.78 Å². The molecule has 136 valence electrons. The van der Waals surface area contributed by atoms with E-state index in [9.17, 15) is 19.5 Å². The molecule has 2 rings (SSSR count). The smallest absolute Gasteiger partial charge is 0.235 e. The van der Waals surface area contributed by atoms with E-state index in [4.69, 9.17) is 46.4 Å². The van der Waals surface area contributed by atoms with Crippen LogP contribution >= 0.6 is 46.4 Å². The van der Waals surface area contributed by atoms with E-state index in [1.54, 1.807) is 6.07 Å². The third-order valence-electron chi connectivity index (χ3n) is 3.63. The number of hydrogen-bond acceptors (Lipinski definition) is 4. The fraction of sp³-hybridized carbons (Fsp3) is 0.167. The minimum atomic E-state index is -2.29. The minimum Gasteiger partial charge on any atom is -0.381 e. The molecule has 0 amide bonds. The van der Waals surface area contributed by atoms with Crippen molar-refractivity contribution in [1.82, 2.24) is 0 Å². The highest BCUT2D eigenvalue weighted by atomic mass is 35.5. The van der Waals surface area contributed by atoms with Crippen molar-refractivity contribution < 1.29 is 19.5 Å². The topological polar surface area (TPSA) is 71.4 Å². The molecule has 2 aromatic rings. The number of Topliss-reactive ketones (excluding diaryl/α,β-unsaturated/α-hetero) is 3. The first-order chi connectivity index (χ1) is 12.1. The zero-order valence-corrected chi connectivity index (χ0v) is 16.4. The van der Waals surface area contributed by atoms with Crippen molar-refractivity contribution >= 4 is 63.8 Å². The first-order valence-corrected chi connectivity index (χ1v) is 8.80. The van der Waals surface area contributed by atoms with Crippen molar-refractivity contribution in [3.8, 4) is 0 Å². The summed E-state index contributed by atoms with van der Waals surface area (Å²) in [6, 6.07) is 8.73. The molecule has 0 saturated carbocycles. The Bertz CT molecular complexity index is 866. The van der Waals surface area contributed by atoms with Gasteiger partial charge < -0.3 is 5.11 Å². The van der Waals surface area contributed by atoms with Crippen molar-refractivity contribution in [2.75, 3.05) is 0 Å². The van der Waals surface area contributed by atoms with Gasteiger partial charge in [-0.1, -0.05) is 58.5 Å². The zero-order chi connectivity index (χ0) is 19.6. The number of aliphatic hydroxyl groups is 1. The Morgan fingerprint density at radius 3 is 1.65 bits per heavy atom. The number of carbonyl (C=O) groups is 3. The van der Waals surface area contributed by atoms with Crippen LogP contribution in [0.1, 0.15) is 34.1 Å². The van der Waals surface area contributed by atoms with E-state index in [2.05, 4.69) is 0 Å². The average Bonchev–Trinajstić information content (AvgIpc) is 2.53. The number of hydrogen-bond donors (Lipinski definition) is 1. The summed E-state index contributed by atoms with van der Waals surface area (Å²) in [5.74, 6) is -3.00. The summed E-state index contributed by atoms with van der Waals surface area (Å²) in [5, 5.41) is 10.5. The molecule has 4 nitrogen and oxygen atoms in total. The van der Waals surface area contributed by atoms with Crippen LogP contribution in [0.2, 0.25) is 20.1 Å². The molecule has 0 radical (unpaired) electrons. The SMILES string of the molecule is CC(O)(CC(=O)c1c(Cl)cccc1Cl)C(=O)C(=O)c1c(Cl)cccc1Cl. The van der Waals surface area contributed by atoms with E-state index < -0.39 is 29.4 Å². The molecule has 0 spiro atoms. The highest BCUT2D eigenvalue weighted by molar-refractivity contribution is 6.53. The van der Waals surface area contributed by atoms with E-state index in [0.29, 0.717) is 0 Å². The van der Waals surface area contributed by atoms with Crippen molar-refractivity contribution in [3.05, 3.63) is 67.6 Å². The molecule has 0 aromatic heterocycles. The maximum Gasteiger partial charge on any atom is 0.235 e. The summed E-state index contributed by atoms with van der Waals surface area (Å²) in [7, 11) is 0. The Morgan fingerprint density at radius 1 is 0.846 bits per heavy atom. The van der Waals surface area contributed by atoms with Crippen molar-refractivity contribution in [2.45, 2.75) is 18.9 Å². The molecule has 1 N–H and O–H groups in total. The summed E-state index contributed by atoms with van der Waals surface area (Å²) >= 11 is 23.8. The van der Waals surface area contributed by atoms with E-state index in [1.165, 1.54) is 30.3 Å². The van der Waals surface area contributed by atoms with Gasteiger partial charge in [0, 0.05) is 6.42 Å². The normalized spacial score (nSPS) is 13.2. The van der Waals surface area contributed by atoms with Gasteiger partial charge in [0.1, 0.15) is 5.60 Å². The highest BCUT2D eigenvalue weighted by Gasteiger charge is 2.39. The maximum atomic E-state index is 12.5. The second kappa shape index (κ2) is 8.07. The Hall–Kier alpha value is -1.43. The molecule has 0 fully saturated rings. The molecule has 2 aromatic carbocycles. The lowest BCUT2D eigenvalue weighted by molar-refractivity contribution is -0.130. The lowest BCUT2D eigenvalue weighted by Gasteiger charge is -2.21. The van der Waals surface area contributed by atoms with Crippen LogP contribution < -0.4 is 0 Å². The van der Waals surface area contributed by atoms with Crippen molar-refractivity contribution in [2.24, 2.45) is 0 Å². The minimum absolute atomic E-state index is 0.0351. The number of halogens is 4. The molecule has 0 aliphatic rings. The predicted octanol–water partition coefficient (Wildman–Crippen LogP) is 5.08. The molecule has 0 aliphatic heterocycles. The third kappa shape index (κ3) is 4.27. The largest absolute Gasteiger partial charge is 0.381 e. The van der Waals surface area contributed by atoms with Gasteiger partial charge in [0.05, 0.1) is 31.2 Å². The molecular formula is C18H12Cl4O4. The lowest BCUT2D eigenvalue weighted by Crippen LogP contribution is -2.42. The Labute approximate surface area is 169 Å². The van der Waals surface area contributed by atoms with Gasteiger partial charge in [-0.15, -0.1) is 0 Å². The highest BCUT2D eigenvalue weighted by Crippen LogP contribution is 2.30. The number of benzene rings is 2. The van der Waals surface area contributed by atoms with Crippen LogP contribution in [-0.4, -0.2) is 28.1 Å². The molecule has 0 saturated heterocycles. The molecule has 0 aliphatic carbocycles. The first-order valence-electron chi connectivity index (χ1n) is 7.29. The fourth-order valence-electron chi connectivity index (χ4n) is 2.32. The van der Waals surface area contributed by atoms with Gasteiger partial charge in [-0.3, -0.25) is 14.4 Å². The molecule has 0 heterocycles. The fourth-order valence-corrected chi connectivity index (χ4v) is 3.50. The Kier molecular flexibility index (Phi) is 6.48. The van der Waals surface area contributed by atoms with Crippen LogP contribution in [0.3, 0.4) is 0 Å². The van der Waals surface area contributed by atoms with Gasteiger partial charge >= 0.3 is 0 Å². The second-order valence-electron chi connectivity index (χ2n) is 5.73. The zero-order valence-electron chi connectivity index (χ0n) is 13.4. The second-order valence-corrected chi connectivity index (χ2v) is 7.35. The van der Waals surface area contributed by atoms with E-state index in [1.807, 2.05) is 0 Å². The lowest BCUT2D eigenvalue weighted by atomic mass is 9.88. The summed E-state index contributed by atoms with van der Waals surface area (Å²) in [4.78, 5) is 37.4. The monoisotopic (exact) mass is 432 g/mol. The van der Waals surface area contributed by atoms with Crippen LogP contribution in [0.25, 0.3) is 0 Å². The first kappa shape index (κ1) is 20.9. The van der Waals surface area contributed by atoms with Gasteiger partial charge in [0.25, 0.3) is 0 Å². The molecular weight excluding hydrogens is 422 g/mol. The van der Waals surface area contributed by atoms with E-state index in [-0.39, 0.29) is 31.2 Å². The van der Waals surface area contributed by atoms with Crippen LogP contribution in [0.4, 0.5) is 0 Å². The van der Waals surface area contributed by atoms with E-state index in [0.717, 1.165) is 6.92 Å². The van der Waals surface area contributed by atoms with Crippen molar-refractivity contribution in [3.63, 3.8) is 0 Å². The third-order valence-corrected chi connectivity index (χ3v) is 4.89. The van der Waals surface area contributed by atoms with Crippen LogP contribution in [-0.2, 0) is 4.79 Å². The summed E-state index contributed by atoms with van der Waals surface area (Å²) in [6.07, 6.45) is -0.691. The Balaban J connectivity index is 2.31. The van der Waals surface area contributed by atoms with Gasteiger partial charge in [0.2, 0.25) is 11.6 Å². The number of carbonyl (C=O) groups excluding carboxylic acids is 3. The summed E-state index contributed by atoms with van der Waals surface area (Å²) in [6.45, 7) is 1.06. The maximum absolute atomic E-state index is 12.5. The molecule has 26 heavy (non-hydrogen) atoms. The van der Waals surface area contributed by atoms with Crippen LogP contribution in [0, 0.1) is 0 Å². The average molecular weight is 434 g/mol. The van der Waals surface area contributed by atoms with Crippen LogP contribution in [0.5, 0.6) is 0 Å². The standard InChI is InChI=1S/C18H12Cl4O4/c1-18(26,8-13(23)14-9(19)4-2-5-10(14)20)17(25)16(24)15-11(21)6-3-7-12(15)22/h2-7,26H,8H2,1H3. The van der Waals surface area contributed by atoms with Crippen molar-refractivity contribution in [1.29, 1.82) is 0 Å². The number of rotatable bonds is 6. The van der Waals surface area contributed by atoms with Gasteiger partial charge in [-0.05, 0) is 31.2 Å². The van der Waals surface area contributed by atoms with Gasteiger partial charge in [-0.25, -0.2) is 0 Å². The summed E-state index contributed by atoms with van der Waals surface area (Å²) in [5.41, 5.74) is -2.56. The van der Waals surface area contributed by atoms with Gasteiger partial charge in [-0.2, -0.15) is 0 Å².